The van der Waals surface area contributed by atoms with Crippen LogP contribution in [0.4, 0.5) is 0 Å². The van der Waals surface area contributed by atoms with Gasteiger partial charge in [-0.05, 0) is 44.0 Å². The van der Waals surface area contributed by atoms with E-state index in [9.17, 15) is 0 Å². The molecule has 0 saturated heterocycles. The largest absolute Gasteiger partial charge is 0.324 e. The maximum atomic E-state index is 6.05. The van der Waals surface area contributed by atoms with Crippen LogP contribution in [0.3, 0.4) is 0 Å². The first-order valence-electron chi connectivity index (χ1n) is 11.2. The molecule has 0 saturated carbocycles. The molecule has 2 N–H and O–H groups in total. The highest BCUT2D eigenvalue weighted by atomic mass is 15.3. The Bertz CT molecular complexity index is 1460. The Labute approximate surface area is 192 Å². The van der Waals surface area contributed by atoms with Crippen LogP contribution in [0.25, 0.3) is 38.9 Å². The number of aliphatic imine (C=N–C) groups is 1. The summed E-state index contributed by atoms with van der Waals surface area (Å²) < 4.78 is 1.99. The van der Waals surface area contributed by atoms with E-state index < -0.39 is 0 Å². The molecule has 164 valence electrons. The van der Waals surface area contributed by atoms with Crippen LogP contribution >= 0.6 is 0 Å². The van der Waals surface area contributed by atoms with Crippen molar-refractivity contribution in [3.8, 4) is 22.4 Å². The summed E-state index contributed by atoms with van der Waals surface area (Å²) in [6.07, 6.45) is 1.97. The molecule has 1 atom stereocenters. The van der Waals surface area contributed by atoms with Crippen LogP contribution < -0.4 is 5.73 Å². The molecule has 6 heteroatoms. The van der Waals surface area contributed by atoms with Crippen LogP contribution in [-0.4, -0.2) is 31.8 Å². The molecular formula is C27H26N6. The second-order valence-corrected chi connectivity index (χ2v) is 8.19. The average molecular weight is 435 g/mol. The van der Waals surface area contributed by atoms with Crippen LogP contribution in [0.15, 0.2) is 77.9 Å². The van der Waals surface area contributed by atoms with Gasteiger partial charge in [-0.15, -0.1) is 10.2 Å². The number of fused-ring (bicyclic) bond motifs is 3. The summed E-state index contributed by atoms with van der Waals surface area (Å²) in [6, 6.07) is 22.8. The second kappa shape index (κ2) is 8.56. The van der Waals surface area contributed by atoms with E-state index in [0.29, 0.717) is 6.54 Å². The zero-order valence-corrected chi connectivity index (χ0v) is 19.0. The zero-order valence-electron chi connectivity index (χ0n) is 19.0. The molecule has 2 aromatic carbocycles. The van der Waals surface area contributed by atoms with E-state index in [-0.39, 0.29) is 6.04 Å². The highest BCUT2D eigenvalue weighted by molar-refractivity contribution is 6.01. The summed E-state index contributed by atoms with van der Waals surface area (Å²) in [6.45, 7) is 6.68. The molecule has 33 heavy (non-hydrogen) atoms. The Kier molecular flexibility index (Phi) is 5.44. The molecule has 1 unspecified atom stereocenters. The minimum Gasteiger partial charge on any atom is -0.324 e. The second-order valence-electron chi connectivity index (χ2n) is 8.19. The normalized spacial score (nSPS) is 13.0. The van der Waals surface area contributed by atoms with Gasteiger partial charge >= 0.3 is 0 Å². The average Bonchev–Trinajstić information content (AvgIpc) is 3.29. The maximum absolute atomic E-state index is 6.05. The van der Waals surface area contributed by atoms with E-state index in [1.807, 2.05) is 55.6 Å². The highest BCUT2D eigenvalue weighted by Crippen LogP contribution is 2.34. The van der Waals surface area contributed by atoms with Crippen LogP contribution in [0.2, 0.25) is 0 Å². The van der Waals surface area contributed by atoms with Crippen molar-refractivity contribution in [1.29, 1.82) is 0 Å². The number of hydrogen-bond donors (Lipinski definition) is 1. The summed E-state index contributed by atoms with van der Waals surface area (Å²) in [7, 11) is 0. The molecule has 0 aliphatic heterocycles. The van der Waals surface area contributed by atoms with E-state index in [1.54, 1.807) is 0 Å². The van der Waals surface area contributed by atoms with Gasteiger partial charge in [-0.1, -0.05) is 54.6 Å². The van der Waals surface area contributed by atoms with Gasteiger partial charge in [-0.25, -0.2) is 4.98 Å². The Morgan fingerprint density at radius 2 is 1.76 bits per heavy atom. The molecule has 3 heterocycles. The lowest BCUT2D eigenvalue weighted by atomic mass is 9.96. The lowest BCUT2D eigenvalue weighted by Crippen LogP contribution is -2.04. The number of nitrogens with zero attached hydrogens (tertiary/aromatic N) is 5. The first-order valence-corrected chi connectivity index (χ1v) is 11.2. The minimum absolute atomic E-state index is 0.00710. The lowest BCUT2D eigenvalue weighted by molar-refractivity contribution is 0.818. The molecule has 5 rings (SSSR count). The smallest absolute Gasteiger partial charge is 0.182 e. The molecular weight excluding hydrogens is 408 g/mol. The molecule has 0 aliphatic rings. The van der Waals surface area contributed by atoms with Crippen molar-refractivity contribution < 1.29 is 0 Å². The SMILES string of the molecule is CCN=C(C)c1nnc2c3cc(-c4ccccc4)c(-c4ccc(C(C)N)cc4)nc3ccn12. The van der Waals surface area contributed by atoms with Gasteiger partial charge < -0.3 is 5.73 Å². The van der Waals surface area contributed by atoms with Crippen molar-refractivity contribution in [2.45, 2.75) is 26.8 Å². The minimum atomic E-state index is -0.00710. The molecule has 0 amide bonds. The molecule has 6 nitrogen and oxygen atoms in total. The summed E-state index contributed by atoms with van der Waals surface area (Å²) in [5.41, 5.74) is 13.8. The third-order valence-electron chi connectivity index (χ3n) is 5.88. The van der Waals surface area contributed by atoms with Gasteiger partial charge in [0.15, 0.2) is 11.5 Å². The zero-order chi connectivity index (χ0) is 22.9. The van der Waals surface area contributed by atoms with Crippen molar-refractivity contribution >= 4 is 22.3 Å². The van der Waals surface area contributed by atoms with Crippen molar-refractivity contribution in [2.75, 3.05) is 6.54 Å². The molecule has 5 aromatic rings. The third kappa shape index (κ3) is 3.79. The highest BCUT2D eigenvalue weighted by Gasteiger charge is 2.16. The van der Waals surface area contributed by atoms with Crippen LogP contribution in [0.5, 0.6) is 0 Å². The van der Waals surface area contributed by atoms with E-state index in [1.165, 1.54) is 0 Å². The molecule has 0 fully saturated rings. The summed E-state index contributed by atoms with van der Waals surface area (Å²) in [5.74, 6) is 0.755. The van der Waals surface area contributed by atoms with Gasteiger partial charge in [-0.3, -0.25) is 9.39 Å². The molecule has 0 bridgehead atoms. The number of benzene rings is 2. The van der Waals surface area contributed by atoms with Crippen molar-refractivity contribution in [3.63, 3.8) is 0 Å². The van der Waals surface area contributed by atoms with Crippen LogP contribution in [-0.2, 0) is 0 Å². The molecule has 0 aliphatic carbocycles. The maximum Gasteiger partial charge on any atom is 0.182 e. The number of pyridine rings is 2. The molecule has 0 spiro atoms. The molecule has 0 radical (unpaired) electrons. The fraction of sp³-hybridized carbons (Fsp3) is 0.185. The lowest BCUT2D eigenvalue weighted by Gasteiger charge is -2.13. The van der Waals surface area contributed by atoms with Crippen LogP contribution in [0.1, 0.15) is 38.2 Å². The predicted octanol–water partition coefficient (Wildman–Crippen LogP) is 5.46. The van der Waals surface area contributed by atoms with E-state index in [4.69, 9.17) is 10.7 Å². The van der Waals surface area contributed by atoms with E-state index >= 15 is 0 Å². The predicted molar refractivity (Wildman–Crippen MR) is 135 cm³/mol. The van der Waals surface area contributed by atoms with Gasteiger partial charge in [0.25, 0.3) is 0 Å². The van der Waals surface area contributed by atoms with Gasteiger partial charge in [0.1, 0.15) is 0 Å². The Hall–Kier alpha value is -3.90. The Morgan fingerprint density at radius 3 is 2.45 bits per heavy atom. The van der Waals surface area contributed by atoms with Crippen molar-refractivity contribution in [2.24, 2.45) is 10.7 Å². The fourth-order valence-corrected chi connectivity index (χ4v) is 4.15. The van der Waals surface area contributed by atoms with E-state index in [0.717, 1.165) is 56.0 Å². The number of hydrogen-bond acceptors (Lipinski definition) is 5. The van der Waals surface area contributed by atoms with Crippen LogP contribution in [0, 0.1) is 0 Å². The van der Waals surface area contributed by atoms with Crippen molar-refractivity contribution in [3.05, 3.63) is 84.3 Å². The summed E-state index contributed by atoms with van der Waals surface area (Å²) in [5, 5.41) is 9.87. The topological polar surface area (TPSA) is 81.5 Å². The van der Waals surface area contributed by atoms with Gasteiger partial charge in [0, 0.05) is 35.3 Å². The van der Waals surface area contributed by atoms with Gasteiger partial charge in [0.2, 0.25) is 0 Å². The monoisotopic (exact) mass is 434 g/mol. The Morgan fingerprint density at radius 1 is 1.00 bits per heavy atom. The van der Waals surface area contributed by atoms with Crippen molar-refractivity contribution in [1.82, 2.24) is 19.6 Å². The van der Waals surface area contributed by atoms with Gasteiger partial charge in [-0.2, -0.15) is 0 Å². The molecule has 3 aromatic heterocycles. The first kappa shape index (κ1) is 21.0. The first-order chi connectivity index (χ1) is 16.1. The summed E-state index contributed by atoms with van der Waals surface area (Å²) >= 11 is 0. The Balaban J connectivity index is 1.77. The number of nitrogens with two attached hydrogens (primary N) is 1. The standard InChI is InChI=1S/C27H26N6/c1-4-29-18(3)26-31-32-27-23-16-22(20-8-6-5-7-9-20)25(30-24(23)14-15-33(26)27)21-12-10-19(11-13-21)17(2)28/h5-17H,4,28H2,1-3H3. The van der Waals surface area contributed by atoms with E-state index in [2.05, 4.69) is 57.7 Å². The number of aromatic nitrogens is 4. The van der Waals surface area contributed by atoms with Gasteiger partial charge in [0.05, 0.1) is 16.9 Å². The fourth-order valence-electron chi connectivity index (χ4n) is 4.15. The number of rotatable bonds is 5. The quantitative estimate of drug-likeness (QED) is 0.372. The third-order valence-corrected chi connectivity index (χ3v) is 5.88. The summed E-state index contributed by atoms with van der Waals surface area (Å²) in [4.78, 5) is 9.60.